The van der Waals surface area contributed by atoms with Crippen LogP contribution in [0.5, 0.6) is 0 Å². The van der Waals surface area contributed by atoms with Crippen LogP contribution in [0, 0.1) is 12.8 Å². The molecule has 1 aromatic rings. The molecule has 1 unspecified atom stereocenters. The summed E-state index contributed by atoms with van der Waals surface area (Å²) in [5.41, 5.74) is 0. The molecule has 2 fully saturated rings. The van der Waals surface area contributed by atoms with Crippen LogP contribution in [-0.4, -0.2) is 42.4 Å². The van der Waals surface area contributed by atoms with Crippen molar-refractivity contribution in [1.82, 2.24) is 9.88 Å². The molecule has 0 N–H and O–H groups in total. The largest absolute Gasteiger partial charge is 0.445 e. The zero-order valence-electron chi connectivity index (χ0n) is 11.2. The molecule has 1 atom stereocenters. The Labute approximate surface area is 113 Å². The molecule has 5 nitrogen and oxygen atoms in total. The fourth-order valence-corrected chi connectivity index (χ4v) is 4.63. The Kier molecular flexibility index (Phi) is 3.39. The summed E-state index contributed by atoms with van der Waals surface area (Å²) in [6.07, 6.45) is 4.79. The van der Waals surface area contributed by atoms with Crippen molar-refractivity contribution in [1.29, 1.82) is 0 Å². The molecular formula is C13H20N2O3S. The predicted molar refractivity (Wildman–Crippen MR) is 71.4 cm³/mol. The normalized spacial score (nSPS) is 28.2. The summed E-state index contributed by atoms with van der Waals surface area (Å²) in [6.45, 7) is 3.34. The lowest BCUT2D eigenvalue weighted by molar-refractivity contribution is 0.173. The van der Waals surface area contributed by atoms with Crippen molar-refractivity contribution in [3.63, 3.8) is 0 Å². The van der Waals surface area contributed by atoms with Crippen LogP contribution < -0.4 is 0 Å². The zero-order valence-corrected chi connectivity index (χ0v) is 12.0. The molecule has 0 amide bonds. The highest BCUT2D eigenvalue weighted by atomic mass is 32.2. The molecule has 1 aliphatic carbocycles. The van der Waals surface area contributed by atoms with Gasteiger partial charge in [0.05, 0.1) is 24.2 Å². The van der Waals surface area contributed by atoms with Gasteiger partial charge < -0.3 is 4.42 Å². The number of hydrogen-bond donors (Lipinski definition) is 0. The Morgan fingerprint density at radius 2 is 2.26 bits per heavy atom. The third kappa shape index (κ3) is 3.17. The van der Waals surface area contributed by atoms with Gasteiger partial charge in [0.15, 0.2) is 15.7 Å². The summed E-state index contributed by atoms with van der Waals surface area (Å²) in [6, 6.07) is 0.165. The van der Waals surface area contributed by atoms with Crippen LogP contribution in [0.2, 0.25) is 0 Å². The van der Waals surface area contributed by atoms with E-state index < -0.39 is 9.84 Å². The molecule has 2 aliphatic rings. The van der Waals surface area contributed by atoms with E-state index >= 15 is 0 Å². The van der Waals surface area contributed by atoms with Crippen molar-refractivity contribution in [2.24, 2.45) is 5.92 Å². The van der Waals surface area contributed by atoms with Crippen molar-refractivity contribution < 1.29 is 12.8 Å². The Bertz CT molecular complexity index is 548. The maximum atomic E-state index is 12.0. The monoisotopic (exact) mass is 284 g/mol. The van der Waals surface area contributed by atoms with Crippen molar-refractivity contribution in [3.8, 4) is 0 Å². The third-order valence-corrected chi connectivity index (χ3v) is 5.75. The number of rotatable bonds is 3. The van der Waals surface area contributed by atoms with Gasteiger partial charge in [0.1, 0.15) is 5.76 Å². The van der Waals surface area contributed by atoms with Crippen LogP contribution in [0.4, 0.5) is 0 Å². The van der Waals surface area contributed by atoms with E-state index in [1.807, 2.05) is 6.92 Å². The number of hydrogen-bond acceptors (Lipinski definition) is 5. The van der Waals surface area contributed by atoms with Gasteiger partial charge in [-0.05, 0) is 31.7 Å². The first-order chi connectivity index (χ1) is 9.03. The van der Waals surface area contributed by atoms with Crippen LogP contribution in [-0.2, 0) is 16.4 Å². The maximum Gasteiger partial charge on any atom is 0.191 e. The van der Waals surface area contributed by atoms with Crippen molar-refractivity contribution in [2.45, 2.75) is 38.8 Å². The molecule has 1 aliphatic heterocycles. The highest BCUT2D eigenvalue weighted by Gasteiger charge is 2.39. The minimum Gasteiger partial charge on any atom is -0.445 e. The second-order valence-corrected chi connectivity index (χ2v) is 7.92. The Morgan fingerprint density at radius 3 is 2.89 bits per heavy atom. The minimum absolute atomic E-state index is 0.165. The first-order valence-corrected chi connectivity index (χ1v) is 8.71. The molecular weight excluding hydrogens is 264 g/mol. The van der Waals surface area contributed by atoms with Crippen LogP contribution in [0.3, 0.4) is 0 Å². The first kappa shape index (κ1) is 13.1. The van der Waals surface area contributed by atoms with E-state index in [9.17, 15) is 8.42 Å². The van der Waals surface area contributed by atoms with E-state index in [-0.39, 0.29) is 6.04 Å². The van der Waals surface area contributed by atoms with Gasteiger partial charge in [0.2, 0.25) is 0 Å². The van der Waals surface area contributed by atoms with E-state index in [0.717, 1.165) is 31.6 Å². The standard InChI is InChI=1S/C13H20N2O3S/c1-10-14-7-12(18-10)8-15-5-2-6-19(16,17)9-13(15)11-3-4-11/h7,11,13H,2-6,8-9H2,1H3. The summed E-state index contributed by atoms with van der Waals surface area (Å²) < 4.78 is 29.4. The van der Waals surface area contributed by atoms with Crippen LogP contribution in [0.15, 0.2) is 10.6 Å². The first-order valence-electron chi connectivity index (χ1n) is 6.89. The van der Waals surface area contributed by atoms with Gasteiger partial charge in [0, 0.05) is 13.0 Å². The van der Waals surface area contributed by atoms with E-state index in [1.54, 1.807) is 6.20 Å². The van der Waals surface area contributed by atoms with Gasteiger partial charge in [0.25, 0.3) is 0 Å². The number of aryl methyl sites for hydroxylation is 1. The lowest BCUT2D eigenvalue weighted by Gasteiger charge is -2.28. The lowest BCUT2D eigenvalue weighted by Crippen LogP contribution is -2.39. The molecule has 2 heterocycles. The average Bonchev–Trinajstić information content (AvgIpc) is 3.10. The van der Waals surface area contributed by atoms with Gasteiger partial charge >= 0.3 is 0 Å². The smallest absolute Gasteiger partial charge is 0.191 e. The van der Waals surface area contributed by atoms with Crippen LogP contribution in [0.1, 0.15) is 30.9 Å². The topological polar surface area (TPSA) is 63.4 Å². The molecule has 0 spiro atoms. The van der Waals surface area contributed by atoms with Crippen molar-refractivity contribution in [2.75, 3.05) is 18.1 Å². The van der Waals surface area contributed by atoms with Crippen LogP contribution >= 0.6 is 0 Å². The molecule has 1 saturated carbocycles. The molecule has 3 rings (SSSR count). The van der Waals surface area contributed by atoms with Gasteiger partial charge in [-0.15, -0.1) is 0 Å². The van der Waals surface area contributed by atoms with Crippen molar-refractivity contribution >= 4 is 9.84 Å². The fraction of sp³-hybridized carbons (Fsp3) is 0.769. The number of aromatic nitrogens is 1. The predicted octanol–water partition coefficient (Wildman–Crippen LogP) is 1.38. The molecule has 0 aromatic carbocycles. The summed E-state index contributed by atoms with van der Waals surface area (Å²) in [4.78, 5) is 6.39. The molecule has 1 aromatic heterocycles. The highest BCUT2D eigenvalue weighted by Crippen LogP contribution is 2.37. The summed E-state index contributed by atoms with van der Waals surface area (Å²) >= 11 is 0. The van der Waals surface area contributed by atoms with Gasteiger partial charge in [-0.2, -0.15) is 0 Å². The molecule has 19 heavy (non-hydrogen) atoms. The zero-order chi connectivity index (χ0) is 13.5. The Hall–Kier alpha value is -0.880. The second-order valence-electron chi connectivity index (χ2n) is 5.69. The SMILES string of the molecule is Cc1ncc(CN2CCCS(=O)(=O)CC2C2CC2)o1. The fourth-order valence-electron chi connectivity index (χ4n) is 2.89. The van der Waals surface area contributed by atoms with E-state index in [1.165, 1.54) is 0 Å². The van der Waals surface area contributed by atoms with E-state index in [4.69, 9.17) is 4.42 Å². The lowest BCUT2D eigenvalue weighted by atomic mass is 10.1. The van der Waals surface area contributed by atoms with Crippen LogP contribution in [0.25, 0.3) is 0 Å². The van der Waals surface area contributed by atoms with E-state index in [2.05, 4.69) is 9.88 Å². The number of nitrogens with zero attached hydrogens (tertiary/aromatic N) is 2. The summed E-state index contributed by atoms with van der Waals surface area (Å²) in [5.74, 6) is 2.69. The number of sulfone groups is 1. The van der Waals surface area contributed by atoms with Gasteiger partial charge in [-0.25, -0.2) is 13.4 Å². The van der Waals surface area contributed by atoms with E-state index in [0.29, 0.717) is 29.9 Å². The van der Waals surface area contributed by atoms with Crippen molar-refractivity contribution in [3.05, 3.63) is 17.8 Å². The quantitative estimate of drug-likeness (QED) is 0.839. The van der Waals surface area contributed by atoms with Gasteiger partial charge in [-0.1, -0.05) is 0 Å². The highest BCUT2D eigenvalue weighted by molar-refractivity contribution is 7.91. The third-order valence-electron chi connectivity index (χ3n) is 3.99. The molecule has 1 saturated heterocycles. The summed E-state index contributed by atoms with van der Waals surface area (Å²) in [7, 11) is -2.88. The Balaban J connectivity index is 1.77. The summed E-state index contributed by atoms with van der Waals surface area (Å²) in [5, 5.41) is 0. The maximum absolute atomic E-state index is 12.0. The van der Waals surface area contributed by atoms with Gasteiger partial charge in [-0.3, -0.25) is 4.90 Å². The Morgan fingerprint density at radius 1 is 1.47 bits per heavy atom. The molecule has 0 radical (unpaired) electrons. The molecule has 0 bridgehead atoms. The molecule has 106 valence electrons. The number of oxazole rings is 1. The average molecular weight is 284 g/mol. The minimum atomic E-state index is -2.88. The molecule has 6 heteroatoms. The second kappa shape index (κ2) is 4.90.